The summed E-state index contributed by atoms with van der Waals surface area (Å²) in [6.07, 6.45) is 1.92. The second-order valence-corrected chi connectivity index (χ2v) is 3.38. The molecule has 0 bridgehead atoms. The van der Waals surface area contributed by atoms with Crippen LogP contribution >= 0.6 is 0 Å². The zero-order valence-electron chi connectivity index (χ0n) is 8.77. The number of hydrogen-bond donors (Lipinski definition) is 1. The van der Waals surface area contributed by atoms with Crippen molar-refractivity contribution in [3.8, 4) is 0 Å². The van der Waals surface area contributed by atoms with Gasteiger partial charge in [0.05, 0.1) is 5.69 Å². The van der Waals surface area contributed by atoms with E-state index in [2.05, 4.69) is 25.4 Å². The fourth-order valence-electron chi connectivity index (χ4n) is 1.28. The number of rotatable bonds is 4. The topological polar surface area (TPSA) is 68.8 Å². The molecule has 0 radical (unpaired) electrons. The Kier molecular flexibility index (Phi) is 2.77. The molecule has 0 spiro atoms. The first kappa shape index (κ1) is 9.85. The third-order valence-electron chi connectivity index (χ3n) is 2.11. The molecule has 0 fully saturated rings. The molecule has 2 heterocycles. The van der Waals surface area contributed by atoms with Gasteiger partial charge in [0.1, 0.15) is 11.4 Å². The molecular formula is C9H13N5O. The van der Waals surface area contributed by atoms with E-state index in [0.29, 0.717) is 13.1 Å². The van der Waals surface area contributed by atoms with E-state index in [1.54, 1.807) is 4.68 Å². The van der Waals surface area contributed by atoms with E-state index in [-0.39, 0.29) is 0 Å². The highest BCUT2D eigenvalue weighted by atomic mass is 16.6. The Hall–Kier alpha value is -1.69. The number of aromatic nitrogens is 4. The van der Waals surface area contributed by atoms with Crippen molar-refractivity contribution in [1.29, 1.82) is 0 Å². The highest BCUT2D eigenvalue weighted by Gasteiger charge is 2.04. The van der Waals surface area contributed by atoms with Crippen LogP contribution in [0, 0.1) is 6.92 Å². The first-order valence-corrected chi connectivity index (χ1v) is 4.73. The maximum atomic E-state index is 4.59. The molecule has 0 aliphatic rings. The number of aryl methyl sites for hydroxylation is 2. The summed E-state index contributed by atoms with van der Waals surface area (Å²) < 4.78 is 6.37. The lowest BCUT2D eigenvalue weighted by molar-refractivity contribution is 0.300. The summed E-state index contributed by atoms with van der Waals surface area (Å²) in [6, 6.07) is 1.97. The highest BCUT2D eigenvalue weighted by Crippen LogP contribution is 2.00. The summed E-state index contributed by atoms with van der Waals surface area (Å²) in [4.78, 5) is 0. The fourth-order valence-corrected chi connectivity index (χ4v) is 1.28. The van der Waals surface area contributed by atoms with Crippen molar-refractivity contribution in [1.82, 2.24) is 25.4 Å². The molecule has 80 valence electrons. The summed E-state index contributed by atoms with van der Waals surface area (Å²) in [5.41, 5.74) is 2.67. The van der Waals surface area contributed by atoms with Crippen molar-refractivity contribution < 1.29 is 4.63 Å². The Morgan fingerprint density at radius 1 is 1.40 bits per heavy atom. The van der Waals surface area contributed by atoms with Crippen molar-refractivity contribution in [3.63, 3.8) is 0 Å². The van der Waals surface area contributed by atoms with Crippen LogP contribution in [0.3, 0.4) is 0 Å². The Bertz CT molecular complexity index is 433. The molecule has 0 aliphatic heterocycles. The van der Waals surface area contributed by atoms with Crippen molar-refractivity contribution in [3.05, 3.63) is 29.3 Å². The Balaban J connectivity index is 1.83. The predicted molar refractivity (Wildman–Crippen MR) is 52.8 cm³/mol. The van der Waals surface area contributed by atoms with Crippen LogP contribution in [-0.2, 0) is 20.1 Å². The minimum atomic E-state index is 0.645. The van der Waals surface area contributed by atoms with E-state index in [0.717, 1.165) is 17.1 Å². The molecule has 6 nitrogen and oxygen atoms in total. The first-order valence-electron chi connectivity index (χ1n) is 4.73. The van der Waals surface area contributed by atoms with Crippen LogP contribution in [0.4, 0.5) is 0 Å². The zero-order valence-corrected chi connectivity index (χ0v) is 8.77. The normalized spacial score (nSPS) is 10.8. The van der Waals surface area contributed by atoms with Gasteiger partial charge in [0.15, 0.2) is 0 Å². The molecule has 2 aromatic heterocycles. The van der Waals surface area contributed by atoms with Gasteiger partial charge in [-0.2, -0.15) is 5.10 Å². The quantitative estimate of drug-likeness (QED) is 0.786. The van der Waals surface area contributed by atoms with Gasteiger partial charge >= 0.3 is 0 Å². The van der Waals surface area contributed by atoms with Crippen LogP contribution in [0.25, 0.3) is 0 Å². The summed E-state index contributed by atoms with van der Waals surface area (Å²) >= 11 is 0. The Morgan fingerprint density at radius 3 is 2.87 bits per heavy atom. The molecule has 6 heteroatoms. The van der Waals surface area contributed by atoms with E-state index in [4.69, 9.17) is 0 Å². The van der Waals surface area contributed by atoms with Crippen LogP contribution in [-0.4, -0.2) is 20.1 Å². The smallest absolute Gasteiger partial charge is 0.121 e. The SMILES string of the molecule is Cc1nonc1CNCc1ccn(C)n1. The van der Waals surface area contributed by atoms with Crippen molar-refractivity contribution in [2.45, 2.75) is 20.0 Å². The van der Waals surface area contributed by atoms with E-state index < -0.39 is 0 Å². The van der Waals surface area contributed by atoms with Gasteiger partial charge in [0, 0.05) is 26.3 Å². The third-order valence-corrected chi connectivity index (χ3v) is 2.11. The van der Waals surface area contributed by atoms with Gasteiger partial charge in [-0.1, -0.05) is 10.3 Å². The van der Waals surface area contributed by atoms with Crippen LogP contribution in [0.2, 0.25) is 0 Å². The third kappa shape index (κ3) is 2.41. The largest absolute Gasteiger partial charge is 0.305 e. The molecule has 2 rings (SSSR count). The number of nitrogens with zero attached hydrogens (tertiary/aromatic N) is 4. The number of hydrogen-bond acceptors (Lipinski definition) is 5. The number of nitrogens with one attached hydrogen (secondary N) is 1. The van der Waals surface area contributed by atoms with Crippen LogP contribution < -0.4 is 5.32 Å². The molecule has 0 saturated heterocycles. The van der Waals surface area contributed by atoms with E-state index in [9.17, 15) is 0 Å². The molecule has 0 unspecified atom stereocenters. The molecule has 0 saturated carbocycles. The van der Waals surface area contributed by atoms with Gasteiger partial charge in [0.25, 0.3) is 0 Å². The summed E-state index contributed by atoms with van der Waals surface area (Å²) in [6.45, 7) is 3.23. The van der Waals surface area contributed by atoms with E-state index >= 15 is 0 Å². The highest BCUT2D eigenvalue weighted by molar-refractivity contribution is 5.04. The van der Waals surface area contributed by atoms with Gasteiger partial charge in [-0.15, -0.1) is 0 Å². The summed E-state index contributed by atoms with van der Waals surface area (Å²) in [7, 11) is 1.90. The molecule has 2 aromatic rings. The van der Waals surface area contributed by atoms with Crippen molar-refractivity contribution >= 4 is 0 Å². The van der Waals surface area contributed by atoms with E-state index in [1.165, 1.54) is 0 Å². The lowest BCUT2D eigenvalue weighted by atomic mass is 10.3. The summed E-state index contributed by atoms with van der Waals surface area (Å²) in [5.74, 6) is 0. The minimum Gasteiger partial charge on any atom is -0.305 e. The van der Waals surface area contributed by atoms with Gasteiger partial charge in [-0.25, -0.2) is 4.63 Å². The molecule has 1 N–H and O–H groups in total. The molecule has 0 aromatic carbocycles. The van der Waals surface area contributed by atoms with E-state index in [1.807, 2.05) is 26.2 Å². The second kappa shape index (κ2) is 4.22. The average Bonchev–Trinajstić information content (AvgIpc) is 2.77. The Labute approximate surface area is 87.2 Å². The molecule has 15 heavy (non-hydrogen) atoms. The summed E-state index contributed by atoms with van der Waals surface area (Å²) in [5, 5.41) is 14.9. The molecule has 0 amide bonds. The maximum Gasteiger partial charge on any atom is 0.121 e. The standard InChI is InChI=1S/C9H13N5O/c1-7-9(13-15-12-7)6-10-5-8-3-4-14(2)11-8/h3-4,10H,5-6H2,1-2H3. The van der Waals surface area contributed by atoms with Gasteiger partial charge < -0.3 is 5.32 Å². The van der Waals surface area contributed by atoms with Crippen LogP contribution in [0.15, 0.2) is 16.9 Å². The molecule has 0 atom stereocenters. The fraction of sp³-hybridized carbons (Fsp3) is 0.444. The predicted octanol–water partition coefficient (Wildman–Crippen LogP) is 0.401. The van der Waals surface area contributed by atoms with Gasteiger partial charge in [-0.05, 0) is 13.0 Å². The van der Waals surface area contributed by atoms with Crippen molar-refractivity contribution in [2.75, 3.05) is 0 Å². The van der Waals surface area contributed by atoms with Crippen LogP contribution in [0.5, 0.6) is 0 Å². The van der Waals surface area contributed by atoms with Crippen molar-refractivity contribution in [2.24, 2.45) is 7.05 Å². The molecular weight excluding hydrogens is 194 g/mol. The monoisotopic (exact) mass is 207 g/mol. The van der Waals surface area contributed by atoms with Gasteiger partial charge in [-0.3, -0.25) is 4.68 Å². The lowest BCUT2D eigenvalue weighted by Gasteiger charge is -1.98. The first-order chi connectivity index (χ1) is 7.25. The van der Waals surface area contributed by atoms with Crippen LogP contribution in [0.1, 0.15) is 17.1 Å². The second-order valence-electron chi connectivity index (χ2n) is 3.38. The molecule has 0 aliphatic carbocycles. The zero-order chi connectivity index (χ0) is 10.7. The average molecular weight is 207 g/mol. The maximum absolute atomic E-state index is 4.59. The minimum absolute atomic E-state index is 0.645. The Morgan fingerprint density at radius 2 is 2.27 bits per heavy atom. The van der Waals surface area contributed by atoms with Gasteiger partial charge in [0.2, 0.25) is 0 Å². The lowest BCUT2D eigenvalue weighted by Crippen LogP contribution is -2.14.